The summed E-state index contributed by atoms with van der Waals surface area (Å²) in [4.78, 5) is 0. The zero-order valence-corrected chi connectivity index (χ0v) is 19.5. The minimum Gasteiger partial charge on any atom is -0.420 e. The van der Waals surface area contributed by atoms with E-state index in [1.165, 1.54) is 0 Å². The van der Waals surface area contributed by atoms with Crippen molar-refractivity contribution in [2.24, 2.45) is 0 Å². The molecule has 0 amide bonds. The largest absolute Gasteiger partial charge is 0.481 e. The summed E-state index contributed by atoms with van der Waals surface area (Å²) in [5, 5.41) is 0. The van der Waals surface area contributed by atoms with Gasteiger partial charge in [0, 0.05) is 26.3 Å². The van der Waals surface area contributed by atoms with Gasteiger partial charge in [-0.25, -0.2) is 0 Å². The van der Waals surface area contributed by atoms with Crippen molar-refractivity contribution >= 4 is 45.5 Å². The molecule has 1 aliphatic rings. The molecule has 4 atom stereocenters. The van der Waals surface area contributed by atoms with Gasteiger partial charge < -0.3 is 29.4 Å². The third-order valence-electron chi connectivity index (χ3n) is 2.71. The number of hydrogen-bond donors (Lipinski definition) is 0. The fourth-order valence-corrected chi connectivity index (χ4v) is 19.7. The average molecular weight is 389 g/mol. The molecule has 1 fully saturated rings. The van der Waals surface area contributed by atoms with E-state index in [2.05, 4.69) is 0 Å². The Morgan fingerprint density at radius 2 is 1.14 bits per heavy atom. The van der Waals surface area contributed by atoms with Crippen molar-refractivity contribution in [3.8, 4) is 0 Å². The van der Waals surface area contributed by atoms with Crippen LogP contribution in [0.2, 0.25) is 32.7 Å². The monoisotopic (exact) mass is 388 g/mol. The zero-order valence-electron chi connectivity index (χ0n) is 14.0. The highest BCUT2D eigenvalue weighted by molar-refractivity contribution is 6.81. The summed E-state index contributed by atoms with van der Waals surface area (Å²) in [5.41, 5.74) is 0. The standard InChI is InChI=1S/C9H28O7Si5/c1-8-10-20(6)14-18(4)12-17(3)13-19(5)15-21(7,16-20)11-9-2/h17-19H,8-9H2,1-7H3. The van der Waals surface area contributed by atoms with E-state index in [-0.39, 0.29) is 0 Å². The summed E-state index contributed by atoms with van der Waals surface area (Å²) in [6.07, 6.45) is 0. The first-order valence-electron chi connectivity index (χ1n) is 7.36. The van der Waals surface area contributed by atoms with Gasteiger partial charge in [-0.1, -0.05) is 0 Å². The molecule has 0 radical (unpaired) electrons. The SMILES string of the molecule is CCO[Si]1(C)O[SiH](C)O[SiH](C)O[SiH](C)O[Si](C)(OCC)O1. The zero-order chi connectivity index (χ0) is 16.1. The van der Waals surface area contributed by atoms with E-state index < -0.39 is 45.5 Å². The molecule has 0 saturated carbocycles. The van der Waals surface area contributed by atoms with E-state index in [0.717, 1.165) is 0 Å². The second-order valence-corrected chi connectivity index (χ2v) is 17.2. The van der Waals surface area contributed by atoms with Gasteiger partial charge in [0.2, 0.25) is 0 Å². The molecule has 0 aliphatic carbocycles. The maximum Gasteiger partial charge on any atom is 0.481 e. The van der Waals surface area contributed by atoms with Gasteiger partial charge in [0.25, 0.3) is 9.28 Å². The Bertz CT molecular complexity index is 299. The maximum atomic E-state index is 6.17. The fourth-order valence-electron chi connectivity index (χ4n) is 2.27. The molecule has 1 rings (SSSR count). The molecule has 7 nitrogen and oxygen atoms in total. The van der Waals surface area contributed by atoms with Gasteiger partial charge in [-0.15, -0.1) is 0 Å². The topological polar surface area (TPSA) is 64.6 Å². The van der Waals surface area contributed by atoms with E-state index in [9.17, 15) is 0 Å². The Morgan fingerprint density at radius 3 is 1.48 bits per heavy atom. The van der Waals surface area contributed by atoms with Crippen LogP contribution in [0.15, 0.2) is 0 Å². The molecule has 1 saturated heterocycles. The predicted molar refractivity (Wildman–Crippen MR) is 91.0 cm³/mol. The molecule has 21 heavy (non-hydrogen) atoms. The van der Waals surface area contributed by atoms with E-state index in [0.29, 0.717) is 13.2 Å². The van der Waals surface area contributed by atoms with Crippen LogP contribution >= 0.6 is 0 Å². The molecule has 1 aliphatic heterocycles. The highest BCUT2D eigenvalue weighted by Gasteiger charge is 2.50. The van der Waals surface area contributed by atoms with Crippen LogP contribution in [0.1, 0.15) is 13.8 Å². The van der Waals surface area contributed by atoms with Crippen LogP contribution < -0.4 is 0 Å². The summed E-state index contributed by atoms with van der Waals surface area (Å²) >= 11 is 0. The Balaban J connectivity index is 2.99. The van der Waals surface area contributed by atoms with Crippen molar-refractivity contribution in [1.29, 1.82) is 0 Å². The van der Waals surface area contributed by atoms with Crippen LogP contribution in [0.3, 0.4) is 0 Å². The van der Waals surface area contributed by atoms with Crippen molar-refractivity contribution in [2.45, 2.75) is 46.6 Å². The molecular weight excluding hydrogens is 361 g/mol. The van der Waals surface area contributed by atoms with Crippen molar-refractivity contribution in [2.75, 3.05) is 13.2 Å². The summed E-state index contributed by atoms with van der Waals surface area (Å²) in [6, 6.07) is 0. The van der Waals surface area contributed by atoms with Crippen molar-refractivity contribution < 1.29 is 29.4 Å². The Labute approximate surface area is 135 Å². The molecule has 1 heterocycles. The van der Waals surface area contributed by atoms with E-state index in [1.54, 1.807) is 0 Å². The number of hydrogen-bond acceptors (Lipinski definition) is 7. The van der Waals surface area contributed by atoms with Gasteiger partial charge in [-0.05, 0) is 33.5 Å². The first-order chi connectivity index (χ1) is 9.72. The third-order valence-corrected chi connectivity index (χ3v) is 19.5. The summed E-state index contributed by atoms with van der Waals surface area (Å²) < 4.78 is 41.7. The van der Waals surface area contributed by atoms with Gasteiger partial charge in [0.15, 0.2) is 0 Å². The molecule has 0 spiro atoms. The van der Waals surface area contributed by atoms with Crippen LogP contribution in [0.5, 0.6) is 0 Å². The lowest BCUT2D eigenvalue weighted by Crippen LogP contribution is -2.60. The Kier molecular flexibility index (Phi) is 8.13. The predicted octanol–water partition coefficient (Wildman–Crippen LogP) is 0.844. The third kappa shape index (κ3) is 6.84. The average Bonchev–Trinajstić information content (AvgIpc) is 2.25. The minimum atomic E-state index is -2.83. The summed E-state index contributed by atoms with van der Waals surface area (Å²) in [6.45, 7) is 14.6. The fraction of sp³-hybridized carbons (Fsp3) is 1.00. The Morgan fingerprint density at radius 1 is 0.762 bits per heavy atom. The van der Waals surface area contributed by atoms with Gasteiger partial charge in [0.1, 0.15) is 0 Å². The van der Waals surface area contributed by atoms with E-state index >= 15 is 0 Å². The molecule has 0 aromatic carbocycles. The maximum absolute atomic E-state index is 6.17. The van der Waals surface area contributed by atoms with Gasteiger partial charge in [-0.2, -0.15) is 0 Å². The molecular formula is C9H28O7Si5. The lowest BCUT2D eigenvalue weighted by Gasteiger charge is -2.39. The quantitative estimate of drug-likeness (QED) is 0.661. The lowest BCUT2D eigenvalue weighted by atomic mass is 10.9. The van der Waals surface area contributed by atoms with E-state index in [1.807, 2.05) is 46.6 Å². The van der Waals surface area contributed by atoms with E-state index in [4.69, 9.17) is 29.4 Å². The highest BCUT2D eigenvalue weighted by atomic mass is 28.5. The second kappa shape index (κ2) is 8.60. The summed E-state index contributed by atoms with van der Waals surface area (Å²) in [5.74, 6) is 0. The molecule has 12 heteroatoms. The van der Waals surface area contributed by atoms with Crippen molar-refractivity contribution in [3.63, 3.8) is 0 Å². The minimum absolute atomic E-state index is 0.525. The first-order valence-corrected chi connectivity index (χ1v) is 18.1. The first kappa shape index (κ1) is 19.9. The van der Waals surface area contributed by atoms with Crippen LogP contribution in [-0.4, -0.2) is 58.7 Å². The van der Waals surface area contributed by atoms with Crippen molar-refractivity contribution in [3.05, 3.63) is 0 Å². The van der Waals surface area contributed by atoms with Gasteiger partial charge in [-0.3, -0.25) is 0 Å². The lowest BCUT2D eigenvalue weighted by molar-refractivity contribution is 0.0999. The van der Waals surface area contributed by atoms with Crippen LogP contribution in [0, 0.1) is 0 Å². The van der Waals surface area contributed by atoms with Gasteiger partial charge >= 0.3 is 36.2 Å². The molecule has 0 aromatic rings. The molecule has 4 unspecified atom stereocenters. The van der Waals surface area contributed by atoms with Gasteiger partial charge in [0.05, 0.1) is 0 Å². The summed E-state index contributed by atoms with van der Waals surface area (Å²) in [7, 11) is -11.1. The molecule has 126 valence electrons. The molecule has 0 N–H and O–H groups in total. The molecule has 0 bridgehead atoms. The molecule has 0 aromatic heterocycles. The normalized spacial score (nSPS) is 42.7. The van der Waals surface area contributed by atoms with Crippen LogP contribution in [-0.2, 0) is 29.4 Å². The Hall–Kier alpha value is 0.804. The second-order valence-electron chi connectivity index (χ2n) is 4.90. The van der Waals surface area contributed by atoms with Crippen molar-refractivity contribution in [1.82, 2.24) is 0 Å². The highest BCUT2D eigenvalue weighted by Crippen LogP contribution is 2.23. The van der Waals surface area contributed by atoms with Crippen LogP contribution in [0.25, 0.3) is 0 Å². The van der Waals surface area contributed by atoms with Crippen LogP contribution in [0.4, 0.5) is 0 Å². The number of rotatable bonds is 4. The smallest absolute Gasteiger partial charge is 0.420 e.